The molecule has 1 aliphatic carbocycles. The molecule has 24 heavy (non-hydrogen) atoms. The first-order chi connectivity index (χ1) is 11.5. The molecule has 0 aromatic heterocycles. The molecule has 0 radical (unpaired) electrons. The lowest BCUT2D eigenvalue weighted by molar-refractivity contribution is -0.123. The normalized spacial score (nSPS) is 17.3. The summed E-state index contributed by atoms with van der Waals surface area (Å²) < 4.78 is 5.17. The van der Waals surface area contributed by atoms with Crippen molar-refractivity contribution in [2.75, 3.05) is 20.7 Å². The first-order valence-corrected chi connectivity index (χ1v) is 8.53. The summed E-state index contributed by atoms with van der Waals surface area (Å²) in [4.78, 5) is 14.3. The maximum absolute atomic E-state index is 12.3. The highest BCUT2D eigenvalue weighted by Crippen LogP contribution is 2.28. The van der Waals surface area contributed by atoms with Gasteiger partial charge in [0.15, 0.2) is 0 Å². The summed E-state index contributed by atoms with van der Waals surface area (Å²) in [6.07, 6.45) is 4.41. The van der Waals surface area contributed by atoms with Gasteiger partial charge in [-0.25, -0.2) is 0 Å². The van der Waals surface area contributed by atoms with Crippen molar-refractivity contribution in [2.45, 2.75) is 50.6 Å². The molecule has 2 rings (SSSR count). The number of nitriles is 1. The Bertz CT molecular complexity index is 586. The van der Waals surface area contributed by atoms with E-state index in [-0.39, 0.29) is 11.9 Å². The highest BCUT2D eigenvalue weighted by molar-refractivity contribution is 5.79. The Balaban J connectivity index is 1.85. The third-order valence-electron chi connectivity index (χ3n) is 4.89. The van der Waals surface area contributed by atoms with Crippen molar-refractivity contribution in [3.63, 3.8) is 0 Å². The van der Waals surface area contributed by atoms with Crippen LogP contribution in [0.15, 0.2) is 24.3 Å². The van der Waals surface area contributed by atoms with Gasteiger partial charge in [0.25, 0.3) is 0 Å². The smallest absolute Gasteiger partial charge is 0.235 e. The molecule has 1 atom stereocenters. The molecule has 1 aromatic carbocycles. The Morgan fingerprint density at radius 2 is 2.00 bits per heavy atom. The molecule has 5 heteroatoms. The summed E-state index contributed by atoms with van der Waals surface area (Å²) >= 11 is 0. The third kappa shape index (κ3) is 4.72. The molecule has 0 spiro atoms. The first kappa shape index (κ1) is 18.3. The Hall–Kier alpha value is -2.06. The van der Waals surface area contributed by atoms with E-state index in [0.717, 1.165) is 37.9 Å². The van der Waals surface area contributed by atoms with Crippen LogP contribution in [0.5, 0.6) is 5.75 Å². The molecule has 5 nitrogen and oxygen atoms in total. The van der Waals surface area contributed by atoms with Gasteiger partial charge < -0.3 is 10.1 Å². The van der Waals surface area contributed by atoms with Crippen molar-refractivity contribution >= 4 is 5.91 Å². The molecule has 1 fully saturated rings. The predicted octanol–water partition coefficient (Wildman–Crippen LogP) is 2.51. The van der Waals surface area contributed by atoms with E-state index in [9.17, 15) is 10.1 Å². The van der Waals surface area contributed by atoms with Gasteiger partial charge in [-0.15, -0.1) is 0 Å². The van der Waals surface area contributed by atoms with E-state index in [4.69, 9.17) is 4.74 Å². The molecule has 1 saturated carbocycles. The number of nitrogens with zero attached hydrogens (tertiary/aromatic N) is 2. The van der Waals surface area contributed by atoms with Crippen LogP contribution in [0.3, 0.4) is 0 Å². The average molecular weight is 329 g/mol. The van der Waals surface area contributed by atoms with E-state index < -0.39 is 5.54 Å². The Morgan fingerprint density at radius 1 is 1.38 bits per heavy atom. The lowest BCUT2D eigenvalue weighted by Gasteiger charge is -2.27. The quantitative estimate of drug-likeness (QED) is 0.835. The second kappa shape index (κ2) is 8.16. The van der Waals surface area contributed by atoms with E-state index in [0.29, 0.717) is 6.54 Å². The number of hydrogen-bond acceptors (Lipinski definition) is 4. The molecule has 1 aliphatic rings. The van der Waals surface area contributed by atoms with E-state index >= 15 is 0 Å². The van der Waals surface area contributed by atoms with Crippen molar-refractivity contribution < 1.29 is 9.53 Å². The molecule has 0 saturated heterocycles. The molecular formula is C19H27N3O2. The van der Waals surface area contributed by atoms with E-state index in [1.165, 1.54) is 5.56 Å². The van der Waals surface area contributed by atoms with Crippen molar-refractivity contribution in [1.29, 1.82) is 5.26 Å². The number of likely N-dealkylation sites (N-methyl/N-ethyl adjacent to an activating group) is 1. The zero-order valence-corrected chi connectivity index (χ0v) is 14.8. The van der Waals surface area contributed by atoms with Crippen LogP contribution in [-0.2, 0) is 11.2 Å². The second-order valence-corrected chi connectivity index (χ2v) is 6.77. The number of rotatable bonds is 7. The maximum Gasteiger partial charge on any atom is 0.235 e. The summed E-state index contributed by atoms with van der Waals surface area (Å²) in [5, 5.41) is 12.3. The summed E-state index contributed by atoms with van der Waals surface area (Å²) in [6, 6.07) is 10.5. The minimum Gasteiger partial charge on any atom is -0.497 e. The average Bonchev–Trinajstić information content (AvgIpc) is 3.04. The fourth-order valence-corrected chi connectivity index (χ4v) is 3.19. The monoisotopic (exact) mass is 329 g/mol. The second-order valence-electron chi connectivity index (χ2n) is 6.77. The molecule has 130 valence electrons. The van der Waals surface area contributed by atoms with E-state index in [2.05, 4.69) is 18.3 Å². The van der Waals surface area contributed by atoms with Gasteiger partial charge in [0.1, 0.15) is 11.3 Å². The highest BCUT2D eigenvalue weighted by atomic mass is 16.5. The van der Waals surface area contributed by atoms with Gasteiger partial charge in [0.05, 0.1) is 19.7 Å². The minimum atomic E-state index is -0.642. The van der Waals surface area contributed by atoms with Crippen LogP contribution < -0.4 is 10.1 Å². The number of nitrogens with one attached hydrogen (secondary N) is 1. The molecular weight excluding hydrogens is 302 g/mol. The highest BCUT2D eigenvalue weighted by Gasteiger charge is 2.35. The molecule has 1 amide bonds. The van der Waals surface area contributed by atoms with Crippen molar-refractivity contribution in [2.24, 2.45) is 0 Å². The summed E-state index contributed by atoms with van der Waals surface area (Å²) in [7, 11) is 3.60. The number of amides is 1. The standard InChI is InChI=1S/C19H27N3O2/c1-15(12-16-6-8-17(24-3)9-7-16)22(2)13-18(23)21-19(14-20)10-4-5-11-19/h6-9,15H,4-5,10-13H2,1-3H3,(H,21,23)/t15-/m0/s1. The number of methoxy groups -OCH3 is 1. The van der Waals surface area contributed by atoms with Crippen LogP contribution in [0, 0.1) is 11.3 Å². The number of carbonyl (C=O) groups is 1. The predicted molar refractivity (Wildman–Crippen MR) is 93.7 cm³/mol. The Labute approximate surface area is 144 Å². The van der Waals surface area contributed by atoms with Crippen LogP contribution in [0.25, 0.3) is 0 Å². The van der Waals surface area contributed by atoms with Gasteiger partial charge in [-0.05, 0) is 63.8 Å². The van der Waals surface area contributed by atoms with Crippen molar-refractivity contribution in [1.82, 2.24) is 10.2 Å². The third-order valence-corrected chi connectivity index (χ3v) is 4.89. The van der Waals surface area contributed by atoms with Gasteiger partial charge in [0, 0.05) is 6.04 Å². The Kier molecular flexibility index (Phi) is 6.22. The molecule has 1 N–H and O–H groups in total. The molecule has 0 heterocycles. The van der Waals surface area contributed by atoms with Gasteiger partial charge >= 0.3 is 0 Å². The van der Waals surface area contributed by atoms with Crippen LogP contribution in [0.1, 0.15) is 38.2 Å². The number of carbonyl (C=O) groups excluding carboxylic acids is 1. The lowest BCUT2D eigenvalue weighted by Crippen LogP contribution is -2.49. The summed E-state index contributed by atoms with van der Waals surface area (Å²) in [5.41, 5.74) is 0.566. The maximum atomic E-state index is 12.3. The fraction of sp³-hybridized carbons (Fsp3) is 0.579. The number of hydrogen-bond donors (Lipinski definition) is 1. The van der Waals surface area contributed by atoms with E-state index in [1.807, 2.05) is 36.2 Å². The lowest BCUT2D eigenvalue weighted by atomic mass is 10.00. The van der Waals surface area contributed by atoms with Crippen LogP contribution in [-0.4, -0.2) is 43.1 Å². The van der Waals surface area contributed by atoms with Gasteiger partial charge in [-0.1, -0.05) is 12.1 Å². The molecule has 1 aromatic rings. The van der Waals surface area contributed by atoms with Gasteiger partial charge in [-0.3, -0.25) is 9.69 Å². The fourth-order valence-electron chi connectivity index (χ4n) is 3.19. The van der Waals surface area contributed by atoms with E-state index in [1.54, 1.807) is 7.11 Å². The minimum absolute atomic E-state index is 0.0671. The number of ether oxygens (including phenoxy) is 1. The van der Waals surface area contributed by atoms with Crippen LogP contribution >= 0.6 is 0 Å². The van der Waals surface area contributed by atoms with Crippen LogP contribution in [0.4, 0.5) is 0 Å². The Morgan fingerprint density at radius 3 is 2.54 bits per heavy atom. The van der Waals surface area contributed by atoms with Gasteiger partial charge in [-0.2, -0.15) is 5.26 Å². The summed E-state index contributed by atoms with van der Waals surface area (Å²) in [5.74, 6) is 0.778. The zero-order chi connectivity index (χ0) is 17.6. The topological polar surface area (TPSA) is 65.4 Å². The SMILES string of the molecule is COc1ccc(C[C@H](C)N(C)CC(=O)NC2(C#N)CCCC2)cc1. The summed E-state index contributed by atoms with van der Waals surface area (Å²) in [6.45, 7) is 2.41. The largest absolute Gasteiger partial charge is 0.497 e. The zero-order valence-electron chi connectivity index (χ0n) is 14.8. The molecule has 0 aliphatic heterocycles. The number of benzene rings is 1. The molecule has 0 unspecified atom stereocenters. The molecule has 0 bridgehead atoms. The van der Waals surface area contributed by atoms with Crippen molar-refractivity contribution in [3.05, 3.63) is 29.8 Å². The first-order valence-electron chi connectivity index (χ1n) is 8.53. The van der Waals surface area contributed by atoms with Gasteiger partial charge in [0.2, 0.25) is 5.91 Å². The van der Waals surface area contributed by atoms with Crippen LogP contribution in [0.2, 0.25) is 0 Å². The van der Waals surface area contributed by atoms with Crippen molar-refractivity contribution in [3.8, 4) is 11.8 Å².